The predicted octanol–water partition coefficient (Wildman–Crippen LogP) is 1.68. The number of aromatic nitrogens is 2. The van der Waals surface area contributed by atoms with Crippen molar-refractivity contribution in [2.75, 3.05) is 37.6 Å². The lowest BCUT2D eigenvalue weighted by molar-refractivity contribution is 0.122. The first kappa shape index (κ1) is 14.4. The summed E-state index contributed by atoms with van der Waals surface area (Å²) in [6.45, 7) is 6.55. The largest absolute Gasteiger partial charge is 0.392 e. The minimum absolute atomic E-state index is 0.252. The molecule has 1 fully saturated rings. The van der Waals surface area contributed by atoms with Gasteiger partial charge in [-0.25, -0.2) is 9.97 Å². The van der Waals surface area contributed by atoms with Crippen LogP contribution in [0, 0.1) is 0 Å². The number of aryl methyl sites for hydroxylation is 2. The second kappa shape index (κ2) is 5.76. The molecule has 22 heavy (non-hydrogen) atoms. The average molecular weight is 318 g/mol. The molecule has 5 nitrogen and oxygen atoms in total. The molecule has 2 aromatic heterocycles. The van der Waals surface area contributed by atoms with Gasteiger partial charge in [-0.05, 0) is 31.7 Å². The maximum Gasteiger partial charge on any atom is 0.141 e. The summed E-state index contributed by atoms with van der Waals surface area (Å²) < 4.78 is 0. The molecule has 2 aromatic rings. The molecule has 1 aliphatic carbocycles. The minimum atomic E-state index is -0.252. The maximum atomic E-state index is 9.53. The molecule has 0 bridgehead atoms. The fourth-order valence-electron chi connectivity index (χ4n) is 3.67. The highest BCUT2D eigenvalue weighted by molar-refractivity contribution is 7.19. The van der Waals surface area contributed by atoms with Crippen molar-refractivity contribution in [3.8, 4) is 0 Å². The van der Waals surface area contributed by atoms with Gasteiger partial charge in [-0.3, -0.25) is 4.90 Å². The molecule has 1 aliphatic heterocycles. The first-order valence-corrected chi connectivity index (χ1v) is 8.94. The predicted molar refractivity (Wildman–Crippen MR) is 89.8 cm³/mol. The van der Waals surface area contributed by atoms with Crippen LogP contribution in [-0.2, 0) is 12.8 Å². The molecule has 0 amide bonds. The summed E-state index contributed by atoms with van der Waals surface area (Å²) in [5.74, 6) is 1.13. The van der Waals surface area contributed by atoms with Crippen molar-refractivity contribution in [2.45, 2.75) is 32.3 Å². The molecule has 0 radical (unpaired) electrons. The van der Waals surface area contributed by atoms with Gasteiger partial charge in [-0.1, -0.05) is 0 Å². The molecule has 0 spiro atoms. The number of anilines is 1. The number of thiophene rings is 1. The van der Waals surface area contributed by atoms with E-state index in [1.54, 1.807) is 6.33 Å². The third-order valence-electron chi connectivity index (χ3n) is 4.68. The van der Waals surface area contributed by atoms with E-state index in [1.165, 1.54) is 35.1 Å². The van der Waals surface area contributed by atoms with Gasteiger partial charge in [0, 0.05) is 37.6 Å². The van der Waals surface area contributed by atoms with E-state index in [4.69, 9.17) is 0 Å². The van der Waals surface area contributed by atoms with Crippen molar-refractivity contribution in [3.05, 3.63) is 16.8 Å². The van der Waals surface area contributed by atoms with Crippen molar-refractivity contribution in [3.63, 3.8) is 0 Å². The second-order valence-electron chi connectivity index (χ2n) is 6.37. The Hall–Kier alpha value is -1.24. The molecule has 0 aromatic carbocycles. The van der Waals surface area contributed by atoms with Crippen LogP contribution in [0.2, 0.25) is 0 Å². The van der Waals surface area contributed by atoms with Gasteiger partial charge in [0.1, 0.15) is 17.0 Å². The number of rotatable bonds is 3. The summed E-state index contributed by atoms with van der Waals surface area (Å²) in [7, 11) is 0. The van der Waals surface area contributed by atoms with Crippen LogP contribution in [0.4, 0.5) is 5.82 Å². The summed E-state index contributed by atoms with van der Waals surface area (Å²) in [4.78, 5) is 16.5. The van der Waals surface area contributed by atoms with Crippen molar-refractivity contribution >= 4 is 27.4 Å². The third kappa shape index (κ3) is 2.49. The lowest BCUT2D eigenvalue weighted by atomic mass is 10.1. The van der Waals surface area contributed by atoms with Gasteiger partial charge >= 0.3 is 0 Å². The number of piperazine rings is 1. The number of aliphatic hydroxyl groups excluding tert-OH is 1. The number of hydrogen-bond acceptors (Lipinski definition) is 6. The fraction of sp³-hybridized carbons (Fsp3) is 0.625. The normalized spacial score (nSPS) is 20.5. The number of hydrogen-bond donors (Lipinski definition) is 1. The zero-order chi connectivity index (χ0) is 15.1. The van der Waals surface area contributed by atoms with Gasteiger partial charge in [0.2, 0.25) is 0 Å². The molecule has 1 atom stereocenters. The van der Waals surface area contributed by atoms with Crippen LogP contribution in [0.3, 0.4) is 0 Å². The standard InChI is InChI=1S/C16H22N4OS/c1-11(21)9-19-5-7-20(8-6-19)15-14-12-3-2-4-13(12)22-16(14)18-10-17-15/h10-11,21H,2-9H2,1H3/t11-/m1/s1. The molecule has 2 aliphatic rings. The number of β-amino-alcohol motifs (C(OH)–C–C–N with tert-alkyl or cyclic N) is 1. The Kier molecular flexibility index (Phi) is 3.76. The Labute approximate surface area is 134 Å². The van der Waals surface area contributed by atoms with E-state index >= 15 is 0 Å². The molecular weight excluding hydrogens is 296 g/mol. The van der Waals surface area contributed by atoms with E-state index < -0.39 is 0 Å². The topological polar surface area (TPSA) is 52.5 Å². The van der Waals surface area contributed by atoms with Crippen molar-refractivity contribution in [2.24, 2.45) is 0 Å². The van der Waals surface area contributed by atoms with Gasteiger partial charge in [0.25, 0.3) is 0 Å². The Bertz CT molecular complexity index is 676. The Morgan fingerprint density at radius 3 is 2.82 bits per heavy atom. The van der Waals surface area contributed by atoms with E-state index in [0.717, 1.165) is 43.4 Å². The first-order valence-electron chi connectivity index (χ1n) is 8.13. The van der Waals surface area contributed by atoms with Crippen LogP contribution in [-0.4, -0.2) is 58.8 Å². The molecule has 4 rings (SSSR count). The SMILES string of the molecule is C[C@@H](O)CN1CCN(c2ncnc3sc4c(c23)CCC4)CC1. The van der Waals surface area contributed by atoms with Gasteiger partial charge in [-0.2, -0.15) is 0 Å². The maximum absolute atomic E-state index is 9.53. The summed E-state index contributed by atoms with van der Waals surface area (Å²) >= 11 is 1.85. The Morgan fingerprint density at radius 1 is 1.23 bits per heavy atom. The van der Waals surface area contributed by atoms with E-state index in [9.17, 15) is 5.11 Å². The molecule has 3 heterocycles. The molecule has 0 saturated carbocycles. The smallest absolute Gasteiger partial charge is 0.141 e. The van der Waals surface area contributed by atoms with Crippen LogP contribution >= 0.6 is 11.3 Å². The summed E-state index contributed by atoms with van der Waals surface area (Å²) in [5.41, 5.74) is 1.50. The molecule has 6 heteroatoms. The minimum Gasteiger partial charge on any atom is -0.392 e. The van der Waals surface area contributed by atoms with Crippen molar-refractivity contribution in [1.29, 1.82) is 0 Å². The van der Waals surface area contributed by atoms with E-state index in [2.05, 4.69) is 19.8 Å². The number of fused-ring (bicyclic) bond motifs is 3. The van der Waals surface area contributed by atoms with Crippen LogP contribution in [0.25, 0.3) is 10.2 Å². The summed E-state index contributed by atoms with van der Waals surface area (Å²) in [5, 5.41) is 10.8. The third-order valence-corrected chi connectivity index (χ3v) is 5.88. The highest BCUT2D eigenvalue weighted by atomic mass is 32.1. The van der Waals surface area contributed by atoms with Gasteiger partial charge < -0.3 is 10.0 Å². The molecule has 1 N–H and O–H groups in total. The summed E-state index contributed by atoms with van der Waals surface area (Å²) in [6.07, 6.45) is 5.12. The van der Waals surface area contributed by atoms with Crippen LogP contribution in [0.15, 0.2) is 6.33 Å². The zero-order valence-electron chi connectivity index (χ0n) is 13.0. The number of aliphatic hydroxyl groups is 1. The van der Waals surface area contributed by atoms with Gasteiger partial charge in [-0.15, -0.1) is 11.3 Å². The van der Waals surface area contributed by atoms with E-state index in [-0.39, 0.29) is 6.10 Å². The molecular formula is C16H22N4OS. The van der Waals surface area contributed by atoms with Crippen LogP contribution < -0.4 is 4.90 Å². The quantitative estimate of drug-likeness (QED) is 0.933. The van der Waals surface area contributed by atoms with Crippen LogP contribution in [0.1, 0.15) is 23.8 Å². The van der Waals surface area contributed by atoms with Gasteiger partial charge in [0.05, 0.1) is 11.5 Å². The Morgan fingerprint density at radius 2 is 2.05 bits per heavy atom. The van der Waals surface area contributed by atoms with E-state index in [1.807, 2.05) is 18.3 Å². The highest BCUT2D eigenvalue weighted by Crippen LogP contribution is 2.40. The molecule has 1 saturated heterocycles. The first-order chi connectivity index (χ1) is 10.7. The van der Waals surface area contributed by atoms with Crippen molar-refractivity contribution in [1.82, 2.24) is 14.9 Å². The lowest BCUT2D eigenvalue weighted by Gasteiger charge is -2.36. The fourth-order valence-corrected chi connectivity index (χ4v) is 4.89. The van der Waals surface area contributed by atoms with Crippen molar-refractivity contribution < 1.29 is 5.11 Å². The average Bonchev–Trinajstić information content (AvgIpc) is 3.07. The summed E-state index contributed by atoms with van der Waals surface area (Å²) in [6, 6.07) is 0. The lowest BCUT2D eigenvalue weighted by Crippen LogP contribution is -2.48. The second-order valence-corrected chi connectivity index (χ2v) is 7.46. The van der Waals surface area contributed by atoms with E-state index in [0.29, 0.717) is 0 Å². The monoisotopic (exact) mass is 318 g/mol. The highest BCUT2D eigenvalue weighted by Gasteiger charge is 2.25. The molecule has 0 unspecified atom stereocenters. The number of nitrogens with zero attached hydrogens (tertiary/aromatic N) is 4. The Balaban J connectivity index is 1.60. The molecule has 118 valence electrons. The van der Waals surface area contributed by atoms with Gasteiger partial charge in [0.15, 0.2) is 0 Å². The zero-order valence-corrected chi connectivity index (χ0v) is 13.8. The van der Waals surface area contributed by atoms with Crippen LogP contribution in [0.5, 0.6) is 0 Å².